The van der Waals surface area contributed by atoms with E-state index in [4.69, 9.17) is 9.90 Å². The van der Waals surface area contributed by atoms with Gasteiger partial charge in [-0.15, -0.1) is 6.58 Å². The number of nitrogens with two attached hydrogens (primary N) is 1. The normalized spacial score (nSPS) is 11.2. The summed E-state index contributed by atoms with van der Waals surface area (Å²) in [4.78, 5) is 8.58. The number of halogens is 1. The summed E-state index contributed by atoms with van der Waals surface area (Å²) in [6.45, 7) is 13.3. The van der Waals surface area contributed by atoms with Gasteiger partial charge in [0, 0.05) is 24.9 Å². The van der Waals surface area contributed by atoms with E-state index in [1.54, 1.807) is 12.1 Å². The van der Waals surface area contributed by atoms with E-state index in [9.17, 15) is 4.39 Å². The van der Waals surface area contributed by atoms with Crippen LogP contribution in [0.1, 0.15) is 77.8 Å². The monoisotopic (exact) mass is 562 g/mol. The number of aliphatic hydroxyl groups is 1. The van der Waals surface area contributed by atoms with Gasteiger partial charge in [-0.05, 0) is 85.9 Å². The molecule has 224 valence electrons. The molecule has 5 heteroatoms. The lowest BCUT2D eigenvalue weighted by molar-refractivity contribution is -0.106. The molecule has 41 heavy (non-hydrogen) atoms. The maximum Gasteiger partial charge on any atom is 0.204 e. The largest absolute Gasteiger partial charge is 0.400 e. The second-order valence-corrected chi connectivity index (χ2v) is 9.19. The number of primary amides is 1. The van der Waals surface area contributed by atoms with Gasteiger partial charge in [-0.1, -0.05) is 88.4 Å². The predicted molar refractivity (Wildman–Crippen MR) is 175 cm³/mol. The first kappa shape index (κ1) is 37.3. The first-order valence-corrected chi connectivity index (χ1v) is 14.6. The molecule has 0 fully saturated rings. The summed E-state index contributed by atoms with van der Waals surface area (Å²) >= 11 is 0. The maximum atomic E-state index is 13.5. The van der Waals surface area contributed by atoms with Crippen molar-refractivity contribution >= 4 is 6.41 Å². The molecule has 0 saturated heterocycles. The number of aromatic nitrogens is 1. The summed E-state index contributed by atoms with van der Waals surface area (Å²) in [5, 5.41) is 7.00. The van der Waals surface area contributed by atoms with Crippen molar-refractivity contribution in [2.45, 2.75) is 78.7 Å². The van der Waals surface area contributed by atoms with Crippen LogP contribution in [0.15, 0.2) is 97.6 Å². The number of hydrogen-bond donors (Lipinski definition) is 2. The molecule has 0 bridgehead atoms. The molecule has 0 spiro atoms. The molecule has 0 saturated carbocycles. The van der Waals surface area contributed by atoms with Crippen molar-refractivity contribution in [2.75, 3.05) is 7.11 Å². The Morgan fingerprint density at radius 2 is 1.49 bits per heavy atom. The van der Waals surface area contributed by atoms with Crippen molar-refractivity contribution in [2.24, 2.45) is 5.73 Å². The molecule has 0 aliphatic heterocycles. The number of rotatable bonds is 8. The van der Waals surface area contributed by atoms with Crippen molar-refractivity contribution in [3.8, 4) is 22.4 Å². The molecule has 1 amide bonds. The zero-order valence-electron chi connectivity index (χ0n) is 25.7. The van der Waals surface area contributed by atoms with E-state index in [1.165, 1.54) is 35.4 Å². The third kappa shape index (κ3) is 14.0. The number of carbonyl (C=O) groups excluding carboxylic acids is 1. The highest BCUT2D eigenvalue weighted by Gasteiger charge is 2.19. The number of aliphatic hydroxyl groups excluding tert-OH is 1. The molecule has 4 nitrogen and oxygen atoms in total. The Labute approximate surface area is 248 Å². The van der Waals surface area contributed by atoms with Gasteiger partial charge in [0.2, 0.25) is 6.41 Å². The van der Waals surface area contributed by atoms with E-state index < -0.39 is 0 Å². The average Bonchev–Trinajstić information content (AvgIpc) is 3.15. The van der Waals surface area contributed by atoms with Crippen LogP contribution in [0, 0.1) is 5.82 Å². The van der Waals surface area contributed by atoms with Crippen LogP contribution in [0.5, 0.6) is 0 Å². The van der Waals surface area contributed by atoms with Crippen LogP contribution < -0.4 is 5.73 Å². The number of carbonyl (C=O) groups is 1. The van der Waals surface area contributed by atoms with Crippen LogP contribution in [0.2, 0.25) is 0 Å². The zero-order valence-corrected chi connectivity index (χ0v) is 25.7. The summed E-state index contributed by atoms with van der Waals surface area (Å²) in [5.74, 6) is 0.217. The number of hydrogen-bond acceptors (Lipinski definition) is 2. The lowest BCUT2D eigenvalue weighted by atomic mass is 10.0. The Bertz CT molecular complexity index is 1120. The van der Waals surface area contributed by atoms with Gasteiger partial charge < -0.3 is 15.4 Å². The van der Waals surface area contributed by atoms with Gasteiger partial charge in [0.05, 0.1) is 5.69 Å². The van der Waals surface area contributed by atoms with Crippen LogP contribution in [-0.2, 0) is 11.3 Å². The lowest BCUT2D eigenvalue weighted by Crippen LogP contribution is -2.06. The summed E-state index contributed by atoms with van der Waals surface area (Å²) in [7, 11) is 1.00. The Morgan fingerprint density at radius 1 is 0.927 bits per heavy atom. The maximum absolute atomic E-state index is 13.5. The molecule has 0 atom stereocenters. The Kier molecular flexibility index (Phi) is 21.9. The molecule has 3 N–H and O–H groups in total. The molecule has 1 aliphatic carbocycles. The topological polar surface area (TPSA) is 68.2 Å². The van der Waals surface area contributed by atoms with Crippen molar-refractivity contribution in [3.05, 3.63) is 109 Å². The van der Waals surface area contributed by atoms with Crippen LogP contribution in [0.25, 0.3) is 22.4 Å². The Morgan fingerprint density at radius 3 is 2.00 bits per heavy atom. The van der Waals surface area contributed by atoms with Crippen molar-refractivity contribution in [1.29, 1.82) is 0 Å². The van der Waals surface area contributed by atoms with Gasteiger partial charge in [0.25, 0.3) is 0 Å². The first-order valence-electron chi connectivity index (χ1n) is 14.6. The van der Waals surface area contributed by atoms with Gasteiger partial charge in [-0.3, -0.25) is 4.79 Å². The van der Waals surface area contributed by atoms with Gasteiger partial charge in [0.15, 0.2) is 0 Å². The highest BCUT2D eigenvalue weighted by molar-refractivity contribution is 5.82. The summed E-state index contributed by atoms with van der Waals surface area (Å²) in [6, 6.07) is 19.7. The summed E-state index contributed by atoms with van der Waals surface area (Å²) in [5.41, 5.74) is 10.2. The quantitative estimate of drug-likeness (QED) is 0.163. The Balaban J connectivity index is 0.000000952. The second-order valence-electron chi connectivity index (χ2n) is 9.19. The molecule has 4 rings (SSSR count). The number of amides is 1. The summed E-state index contributed by atoms with van der Waals surface area (Å²) < 4.78 is 16.0. The number of benzene rings is 2. The number of nitrogens with zero attached hydrogens (tertiary/aromatic N) is 1. The summed E-state index contributed by atoms with van der Waals surface area (Å²) in [6.07, 6.45) is 18.0. The van der Waals surface area contributed by atoms with Gasteiger partial charge in [-0.2, -0.15) is 0 Å². The standard InChI is InChI=1S/C25H28FN.C7H10.C2H6.CH3NO.CH4O/c1-4-5-6-10-17-27-24(19(2)3)18-23(20-11-8-7-9-12-20)25(27)21-13-15-22(26)16-14-21;1-2-4-6-7-5-3-1;1-2;2-1-3;1-2/h4,7-9,11-16,18-19H,1,5-6,10,17H2,2-3H3;1-2,5,7H,3-4,6H2;1-2H3;1H,(H2,2,3);2H,1H3. The third-order valence-electron chi connectivity index (χ3n) is 6.07. The fourth-order valence-corrected chi connectivity index (χ4v) is 4.30. The SMILES string of the molecule is C1=CCCC=CC1.C=CCCCCn1c(C(C)C)cc(-c2ccccc2)c1-c1ccc(F)cc1.CC.CO.NC=O. The first-order chi connectivity index (χ1) is 20.0. The van der Waals surface area contributed by atoms with Crippen LogP contribution in [0.4, 0.5) is 4.39 Å². The van der Waals surface area contributed by atoms with Crippen molar-refractivity contribution in [1.82, 2.24) is 4.57 Å². The van der Waals surface area contributed by atoms with E-state index in [0.29, 0.717) is 5.92 Å². The molecule has 3 aromatic rings. The minimum atomic E-state index is -0.201. The van der Waals surface area contributed by atoms with Crippen molar-refractivity contribution in [3.63, 3.8) is 0 Å². The van der Waals surface area contributed by atoms with Crippen LogP contribution in [-0.4, -0.2) is 23.2 Å². The fourth-order valence-electron chi connectivity index (χ4n) is 4.30. The minimum Gasteiger partial charge on any atom is -0.400 e. The average molecular weight is 563 g/mol. The molecular formula is C36H51FN2O2. The van der Waals surface area contributed by atoms with Crippen LogP contribution in [0.3, 0.4) is 0 Å². The van der Waals surface area contributed by atoms with E-state index in [0.717, 1.165) is 44.9 Å². The van der Waals surface area contributed by atoms with E-state index in [1.807, 2.05) is 38.1 Å². The molecule has 0 unspecified atom stereocenters. The van der Waals surface area contributed by atoms with E-state index >= 15 is 0 Å². The molecule has 1 heterocycles. The molecule has 1 aliphatic rings. The highest BCUT2D eigenvalue weighted by Crippen LogP contribution is 2.38. The lowest BCUT2D eigenvalue weighted by Gasteiger charge is -2.17. The van der Waals surface area contributed by atoms with E-state index in [2.05, 4.69) is 85.4 Å². The fraction of sp³-hybridized carbons (Fsp3) is 0.361. The molecule has 2 aromatic carbocycles. The zero-order chi connectivity index (χ0) is 30.9. The van der Waals surface area contributed by atoms with Crippen molar-refractivity contribution < 1.29 is 14.3 Å². The number of unbranched alkanes of at least 4 members (excludes halogenated alkanes) is 2. The Hall–Kier alpha value is -3.70. The van der Waals surface area contributed by atoms with E-state index in [-0.39, 0.29) is 12.2 Å². The number of allylic oxidation sites excluding steroid dienone is 5. The molecular weight excluding hydrogens is 511 g/mol. The molecule has 1 aromatic heterocycles. The smallest absolute Gasteiger partial charge is 0.204 e. The second kappa shape index (κ2) is 24.1. The van der Waals surface area contributed by atoms with Crippen LogP contribution >= 0.6 is 0 Å². The molecule has 0 radical (unpaired) electrons. The third-order valence-corrected chi connectivity index (χ3v) is 6.07. The minimum absolute atomic E-state index is 0.201. The van der Waals surface area contributed by atoms with Gasteiger partial charge in [0.1, 0.15) is 5.82 Å². The van der Waals surface area contributed by atoms with Gasteiger partial charge in [-0.25, -0.2) is 4.39 Å². The van der Waals surface area contributed by atoms with Gasteiger partial charge >= 0.3 is 0 Å². The highest BCUT2D eigenvalue weighted by atomic mass is 19.1. The predicted octanol–water partition coefficient (Wildman–Crippen LogP) is 9.46.